The first kappa shape index (κ1) is 27.4. The molecule has 232 valence electrons. The van der Waals surface area contributed by atoms with Gasteiger partial charge in [0.05, 0.1) is 39.5 Å². The van der Waals surface area contributed by atoms with Crippen molar-refractivity contribution in [3.05, 3.63) is 138 Å². The molecule has 0 saturated carbocycles. The van der Waals surface area contributed by atoms with Crippen LogP contribution in [-0.2, 0) is 10.8 Å². The minimum atomic E-state index is -0.184. The number of rotatable bonds is 2. The number of hydrogen-bond donors (Lipinski definition) is 0. The second kappa shape index (κ2) is 9.23. The Morgan fingerprint density at radius 2 is 1.27 bits per heavy atom. The zero-order valence-corrected chi connectivity index (χ0v) is 27.8. The molecule has 0 bridgehead atoms. The Labute approximate surface area is 278 Å². The van der Waals surface area contributed by atoms with Crippen LogP contribution < -0.4 is 0 Å². The lowest BCUT2D eigenvalue weighted by Crippen LogP contribution is -2.28. The molecule has 10 rings (SSSR count). The molecule has 5 aromatic carbocycles. The van der Waals surface area contributed by atoms with Gasteiger partial charge in [-0.25, -0.2) is 9.67 Å². The van der Waals surface area contributed by atoms with Crippen LogP contribution in [0.15, 0.2) is 122 Å². The lowest BCUT2D eigenvalue weighted by molar-refractivity contribution is 0.581. The molecule has 5 nitrogen and oxygen atoms in total. The molecule has 1 aliphatic rings. The van der Waals surface area contributed by atoms with Crippen molar-refractivity contribution in [2.45, 2.75) is 45.4 Å². The predicted octanol–water partition coefficient (Wildman–Crippen LogP) is 10.6. The summed E-state index contributed by atoms with van der Waals surface area (Å²) in [6.45, 7) is 11.6. The number of aromatic nitrogens is 5. The molecule has 0 aliphatic carbocycles. The highest BCUT2D eigenvalue weighted by Gasteiger charge is 2.37. The van der Waals surface area contributed by atoms with E-state index in [1.165, 1.54) is 54.8 Å². The van der Waals surface area contributed by atoms with Crippen molar-refractivity contribution >= 4 is 54.5 Å². The van der Waals surface area contributed by atoms with Gasteiger partial charge in [-0.1, -0.05) is 95.3 Å². The fraction of sp³-hybridized carbons (Fsp3) is 0.163. The van der Waals surface area contributed by atoms with Gasteiger partial charge in [0.2, 0.25) is 0 Å². The minimum absolute atomic E-state index is 0.0188. The van der Waals surface area contributed by atoms with Gasteiger partial charge in [0, 0.05) is 49.8 Å². The van der Waals surface area contributed by atoms with Gasteiger partial charge in [-0.05, 0) is 65.1 Å². The van der Waals surface area contributed by atoms with Gasteiger partial charge in [-0.15, -0.1) is 0 Å². The quantitative estimate of drug-likeness (QED) is 0.193. The Kier molecular flexibility index (Phi) is 5.27. The molecule has 0 spiro atoms. The summed E-state index contributed by atoms with van der Waals surface area (Å²) in [5, 5.41) is 10.9. The first-order valence-electron chi connectivity index (χ1n) is 16.8. The van der Waals surface area contributed by atoms with Gasteiger partial charge < -0.3 is 4.57 Å². The van der Waals surface area contributed by atoms with Crippen molar-refractivity contribution < 1.29 is 0 Å². The molecule has 0 atom stereocenters. The summed E-state index contributed by atoms with van der Waals surface area (Å²) < 4.78 is 6.88. The number of benzene rings is 5. The van der Waals surface area contributed by atoms with E-state index in [0.29, 0.717) is 0 Å². The van der Waals surface area contributed by atoms with E-state index >= 15 is 0 Å². The first-order valence-corrected chi connectivity index (χ1v) is 16.8. The van der Waals surface area contributed by atoms with E-state index in [0.717, 1.165) is 33.6 Å². The molecule has 0 N–H and O–H groups in total. The molecular weight excluding hydrogens is 587 g/mol. The molecular formula is C43H35N5. The van der Waals surface area contributed by atoms with Gasteiger partial charge in [-0.3, -0.25) is 4.57 Å². The van der Waals surface area contributed by atoms with Crippen LogP contribution in [0.3, 0.4) is 0 Å². The third-order valence-corrected chi connectivity index (χ3v) is 10.7. The lowest BCUT2D eigenvalue weighted by Gasteiger charge is -2.35. The minimum Gasteiger partial charge on any atom is -0.309 e. The van der Waals surface area contributed by atoms with E-state index < -0.39 is 0 Å². The van der Waals surface area contributed by atoms with Gasteiger partial charge in [0.15, 0.2) is 0 Å². The van der Waals surface area contributed by atoms with Crippen LogP contribution in [0.4, 0.5) is 0 Å². The van der Waals surface area contributed by atoms with Crippen molar-refractivity contribution in [1.82, 2.24) is 23.9 Å². The molecule has 4 aromatic heterocycles. The Bertz CT molecular complexity index is 2800. The average Bonchev–Trinajstić information content (AvgIpc) is 3.76. The van der Waals surface area contributed by atoms with Crippen LogP contribution in [0.1, 0.15) is 51.3 Å². The van der Waals surface area contributed by atoms with Crippen molar-refractivity contribution in [3.8, 4) is 17.2 Å². The Morgan fingerprint density at radius 3 is 2.10 bits per heavy atom. The monoisotopic (exact) mass is 621 g/mol. The first-order chi connectivity index (χ1) is 23.2. The second-order valence-corrected chi connectivity index (χ2v) is 14.9. The van der Waals surface area contributed by atoms with Crippen molar-refractivity contribution in [2.75, 3.05) is 0 Å². The van der Waals surface area contributed by atoms with E-state index in [4.69, 9.17) is 10.1 Å². The molecule has 1 aliphatic heterocycles. The van der Waals surface area contributed by atoms with Crippen LogP contribution in [0.2, 0.25) is 0 Å². The summed E-state index contributed by atoms with van der Waals surface area (Å²) in [7, 11) is 0. The number of nitrogens with zero attached hydrogens (tertiary/aromatic N) is 5. The standard InChI is InChI=1S/C43H35N5/c1-42(2,3)27-21-33-32-18-16-28(23-39(32)47-40(33)35(22-27)43(4,5)34-13-10-20-44-41(34)47)46-37-15-9-7-12-30(37)31-19-17-29(24-38(31)46)48-36-14-8-6-11-26(36)25-45-48/h6-25H,1-5H3. The van der Waals surface area contributed by atoms with Crippen LogP contribution in [0.5, 0.6) is 0 Å². The maximum absolute atomic E-state index is 5.04. The molecule has 5 heteroatoms. The number of hydrogen-bond acceptors (Lipinski definition) is 2. The zero-order chi connectivity index (χ0) is 32.5. The average molecular weight is 622 g/mol. The van der Waals surface area contributed by atoms with Crippen LogP contribution in [0, 0.1) is 0 Å². The molecule has 48 heavy (non-hydrogen) atoms. The summed E-state index contributed by atoms with van der Waals surface area (Å²) >= 11 is 0. The molecule has 9 aromatic rings. The lowest BCUT2D eigenvalue weighted by atomic mass is 9.73. The third-order valence-electron chi connectivity index (χ3n) is 10.7. The second-order valence-electron chi connectivity index (χ2n) is 14.9. The van der Waals surface area contributed by atoms with Gasteiger partial charge >= 0.3 is 0 Å². The highest BCUT2D eigenvalue weighted by molar-refractivity contribution is 6.13. The zero-order valence-electron chi connectivity index (χ0n) is 27.8. The normalized spacial score (nSPS) is 14.1. The summed E-state index contributed by atoms with van der Waals surface area (Å²) in [6, 6.07) is 40.0. The molecule has 5 heterocycles. The third kappa shape index (κ3) is 3.56. The van der Waals surface area contributed by atoms with E-state index in [9.17, 15) is 0 Å². The molecule has 0 saturated heterocycles. The highest BCUT2D eigenvalue weighted by atomic mass is 15.3. The molecule has 0 fully saturated rings. The summed E-state index contributed by atoms with van der Waals surface area (Å²) in [6.07, 6.45) is 3.87. The Hall–Kier alpha value is -5.68. The van der Waals surface area contributed by atoms with E-state index in [1.54, 1.807) is 0 Å². The number of para-hydroxylation sites is 2. The summed E-state index contributed by atoms with van der Waals surface area (Å²) in [5.41, 5.74) is 11.8. The van der Waals surface area contributed by atoms with Crippen molar-refractivity contribution in [2.24, 2.45) is 0 Å². The SMILES string of the molecule is CC(C)(C)c1cc2c3c(c1)c1ccc(-n4c5ccccc5c5ccc(-n6ncc7ccccc76)cc54)cc1n3-c1ncccc1C2(C)C. The smallest absolute Gasteiger partial charge is 0.141 e. The molecule has 0 radical (unpaired) electrons. The maximum Gasteiger partial charge on any atom is 0.141 e. The fourth-order valence-corrected chi connectivity index (χ4v) is 8.16. The van der Waals surface area contributed by atoms with Gasteiger partial charge in [0.25, 0.3) is 0 Å². The largest absolute Gasteiger partial charge is 0.309 e. The van der Waals surface area contributed by atoms with Crippen molar-refractivity contribution in [3.63, 3.8) is 0 Å². The van der Waals surface area contributed by atoms with E-state index in [2.05, 4.69) is 153 Å². The van der Waals surface area contributed by atoms with Crippen molar-refractivity contribution in [1.29, 1.82) is 0 Å². The topological polar surface area (TPSA) is 40.6 Å². The van der Waals surface area contributed by atoms with Crippen LogP contribution in [-0.4, -0.2) is 23.9 Å². The van der Waals surface area contributed by atoms with Crippen LogP contribution in [0.25, 0.3) is 71.7 Å². The Balaban J connectivity index is 1.30. The van der Waals surface area contributed by atoms with Gasteiger partial charge in [-0.2, -0.15) is 5.10 Å². The summed E-state index contributed by atoms with van der Waals surface area (Å²) in [5.74, 6) is 1.02. The van der Waals surface area contributed by atoms with Crippen LogP contribution >= 0.6 is 0 Å². The fourth-order valence-electron chi connectivity index (χ4n) is 8.16. The summed E-state index contributed by atoms with van der Waals surface area (Å²) in [4.78, 5) is 5.04. The van der Waals surface area contributed by atoms with E-state index in [-0.39, 0.29) is 10.8 Å². The number of pyridine rings is 1. The maximum atomic E-state index is 5.04. The highest BCUT2D eigenvalue weighted by Crippen LogP contribution is 2.49. The molecule has 0 unspecified atom stereocenters. The predicted molar refractivity (Wildman–Crippen MR) is 198 cm³/mol. The number of fused-ring (bicyclic) bond motifs is 9. The van der Waals surface area contributed by atoms with Gasteiger partial charge in [0.1, 0.15) is 5.82 Å². The van der Waals surface area contributed by atoms with E-state index in [1.807, 2.05) is 17.1 Å². The Morgan fingerprint density at radius 1 is 0.583 bits per heavy atom. The molecule has 0 amide bonds.